The zero-order valence-electron chi connectivity index (χ0n) is 44.7. The average Bonchev–Trinajstić information content (AvgIpc) is 3.26. The molecule has 2 fully saturated rings. The van der Waals surface area contributed by atoms with Gasteiger partial charge in [-0.15, -0.1) is 0 Å². The standard InChI is InChI=1S/C27H48N2O4.C25H44N2O4.Li.H2O/c1-10-19(7)21-14-12-13-15-22(21)25(30)28-24(18(5)6)26(31)29(9)23(17(3)4)16-20(8)27(32)33-11-2;1-9-17(6)19-12-10-11-13-20(19)23(28)26-22(16(4)5)24(29)27(8)21(15(2)3)14-18(7)25(30)31;;/h16-19,21-24H,10-15H2,1-9H3,(H,28,30);14-17,19-22H,9-13H2,1-8H3,(H,26,28)(H,30,31);;1H2/q;;+1;/p-1/b20-16+;18-14+;;/t19?,21?,22-,23+,24?;17?,19?,20-,21+,22?;;/m00../s1. The van der Waals surface area contributed by atoms with Crippen LogP contribution in [0.1, 0.15) is 168 Å². The zero-order valence-corrected chi connectivity index (χ0v) is 44.7. The minimum absolute atomic E-state index is 0. The maximum atomic E-state index is 13.6. The summed E-state index contributed by atoms with van der Waals surface area (Å²) in [4.78, 5) is 80.3. The number of amides is 4. The van der Waals surface area contributed by atoms with Crippen LogP contribution in [0.15, 0.2) is 23.3 Å². The van der Waals surface area contributed by atoms with E-state index in [1.54, 1.807) is 49.9 Å². The fourth-order valence-electron chi connectivity index (χ4n) is 9.62. The third-order valence-electron chi connectivity index (χ3n) is 14.3. The SMILES string of the molecule is CCC(C)C1CCCC[C@@H]1C(=O)NC(C(=O)N(C)[C@H](/C=C(\C)C(=O)O)C(C)C)C(C)C.CCOC(=O)/C(C)=C/[C@H](C(C)C)N(C)C(=O)C(NC(=O)[C@H]1CCCCC1C(C)CC)C(C)C.[Li+].[OH-]. The van der Waals surface area contributed by atoms with Gasteiger partial charge in [0.1, 0.15) is 12.1 Å². The van der Waals surface area contributed by atoms with Crippen molar-refractivity contribution >= 4 is 35.6 Å². The van der Waals surface area contributed by atoms with Crippen LogP contribution in [-0.4, -0.2) is 101 Å². The van der Waals surface area contributed by atoms with Gasteiger partial charge in [0.2, 0.25) is 23.6 Å². The summed E-state index contributed by atoms with van der Waals surface area (Å²) >= 11 is 0. The predicted molar refractivity (Wildman–Crippen MR) is 260 cm³/mol. The maximum Gasteiger partial charge on any atom is 1.00 e. The van der Waals surface area contributed by atoms with Crippen LogP contribution in [0.2, 0.25) is 0 Å². The Morgan fingerprint density at radius 1 is 0.591 bits per heavy atom. The Kier molecular flexibility index (Phi) is 31.3. The molecule has 0 radical (unpaired) electrons. The smallest absolute Gasteiger partial charge is 0.870 e. The number of esters is 1. The quantitative estimate of drug-likeness (QED) is 0.0674. The zero-order chi connectivity index (χ0) is 49.2. The second kappa shape index (κ2) is 31.8. The van der Waals surface area contributed by atoms with Gasteiger partial charge in [0.15, 0.2) is 0 Å². The van der Waals surface area contributed by atoms with E-state index < -0.39 is 18.1 Å². The number of nitrogens with zero attached hydrogens (tertiary/aromatic N) is 2. The van der Waals surface area contributed by atoms with Gasteiger partial charge in [0.25, 0.3) is 0 Å². The normalized spacial score (nSPS) is 21.7. The molecule has 0 aliphatic heterocycles. The van der Waals surface area contributed by atoms with Crippen LogP contribution >= 0.6 is 0 Å². The van der Waals surface area contributed by atoms with Gasteiger partial charge in [0, 0.05) is 37.1 Å². The first-order chi connectivity index (χ1) is 29.9. The number of carbonyl (C=O) groups excluding carboxylic acids is 5. The molecular weight excluding hydrogens is 832 g/mol. The van der Waals surface area contributed by atoms with Gasteiger partial charge in [-0.3, -0.25) is 19.2 Å². The molecule has 0 heterocycles. The Labute approximate surface area is 412 Å². The van der Waals surface area contributed by atoms with Gasteiger partial charge in [0.05, 0.1) is 18.7 Å². The van der Waals surface area contributed by atoms with Crippen LogP contribution in [-0.2, 0) is 33.5 Å². The molecule has 2 saturated carbocycles. The summed E-state index contributed by atoms with van der Waals surface area (Å²) in [6.07, 6.45) is 13.9. The molecule has 10 atom stereocenters. The summed E-state index contributed by atoms with van der Waals surface area (Å²) in [5.41, 5.74) is 0.695. The Morgan fingerprint density at radius 3 is 1.21 bits per heavy atom. The molecule has 2 aliphatic rings. The van der Waals surface area contributed by atoms with E-state index in [9.17, 15) is 33.9 Å². The number of nitrogens with one attached hydrogen (secondary N) is 2. The van der Waals surface area contributed by atoms with Gasteiger partial charge in [-0.05, 0) is 93.8 Å². The third-order valence-corrected chi connectivity index (χ3v) is 14.3. The molecule has 2 aliphatic carbocycles. The number of carboxylic acid groups (broad SMARTS) is 1. The molecule has 0 aromatic heterocycles. The molecule has 0 bridgehead atoms. The molecule has 0 aromatic rings. The van der Waals surface area contributed by atoms with E-state index in [-0.39, 0.29) is 107 Å². The molecule has 4 N–H and O–H groups in total. The largest absolute Gasteiger partial charge is 1.00 e. The van der Waals surface area contributed by atoms with E-state index in [1.165, 1.54) is 19.8 Å². The van der Waals surface area contributed by atoms with Crippen molar-refractivity contribution < 1.29 is 62.9 Å². The van der Waals surface area contributed by atoms with Crippen molar-refractivity contribution in [1.29, 1.82) is 0 Å². The van der Waals surface area contributed by atoms with Crippen LogP contribution < -0.4 is 29.5 Å². The monoisotopic (exact) mass is 925 g/mol. The minimum atomic E-state index is -0.992. The van der Waals surface area contributed by atoms with Crippen LogP contribution in [0, 0.1) is 59.2 Å². The predicted octanol–water partition coefficient (Wildman–Crippen LogP) is 6.29. The van der Waals surface area contributed by atoms with E-state index in [0.717, 1.165) is 51.4 Å². The third kappa shape index (κ3) is 19.5. The van der Waals surface area contributed by atoms with Gasteiger partial charge in [-0.25, -0.2) is 9.59 Å². The number of likely N-dealkylation sites (N-methyl/N-ethyl adjacent to an activating group) is 2. The van der Waals surface area contributed by atoms with Crippen molar-refractivity contribution in [3.63, 3.8) is 0 Å². The summed E-state index contributed by atoms with van der Waals surface area (Å²) in [7, 11) is 3.45. The molecular formula is C52H93LiN4O9. The van der Waals surface area contributed by atoms with Crippen LogP contribution in [0.25, 0.3) is 0 Å². The van der Waals surface area contributed by atoms with Crippen molar-refractivity contribution in [1.82, 2.24) is 20.4 Å². The van der Waals surface area contributed by atoms with Crippen molar-refractivity contribution in [2.24, 2.45) is 59.2 Å². The topological polar surface area (TPSA) is 192 Å². The summed E-state index contributed by atoms with van der Waals surface area (Å²) in [5.74, 6) is 0.0281. The molecule has 66 heavy (non-hydrogen) atoms. The average molecular weight is 925 g/mol. The molecule has 2 rings (SSSR count). The van der Waals surface area contributed by atoms with Crippen molar-refractivity contribution in [2.75, 3.05) is 20.7 Å². The van der Waals surface area contributed by atoms with Gasteiger partial charge < -0.3 is 35.8 Å². The Balaban J connectivity index is 0. The van der Waals surface area contributed by atoms with Crippen LogP contribution in [0.3, 0.4) is 0 Å². The second-order valence-electron chi connectivity index (χ2n) is 20.4. The Hall–Kier alpha value is -3.14. The van der Waals surface area contributed by atoms with E-state index in [2.05, 4.69) is 38.3 Å². The number of carbonyl (C=O) groups is 6. The van der Waals surface area contributed by atoms with Crippen LogP contribution in [0.5, 0.6) is 0 Å². The van der Waals surface area contributed by atoms with E-state index in [1.807, 2.05) is 55.4 Å². The summed E-state index contributed by atoms with van der Waals surface area (Å²) < 4.78 is 5.10. The minimum Gasteiger partial charge on any atom is -0.870 e. The first-order valence-corrected chi connectivity index (χ1v) is 24.8. The number of hydrogen-bond donors (Lipinski definition) is 3. The number of aliphatic carboxylic acids is 1. The molecule has 4 amide bonds. The Morgan fingerprint density at radius 2 is 0.924 bits per heavy atom. The summed E-state index contributed by atoms with van der Waals surface area (Å²) in [6, 6.07) is -1.86. The van der Waals surface area contributed by atoms with E-state index in [4.69, 9.17) is 4.74 Å². The van der Waals surface area contributed by atoms with Crippen molar-refractivity contribution in [3.05, 3.63) is 23.3 Å². The van der Waals surface area contributed by atoms with Crippen molar-refractivity contribution in [2.45, 2.75) is 192 Å². The molecule has 0 spiro atoms. The van der Waals surface area contributed by atoms with E-state index >= 15 is 0 Å². The maximum absolute atomic E-state index is 13.6. The number of ether oxygens (including phenoxy) is 1. The van der Waals surface area contributed by atoms with Crippen molar-refractivity contribution in [3.8, 4) is 0 Å². The fourth-order valence-corrected chi connectivity index (χ4v) is 9.62. The molecule has 0 saturated heterocycles. The Bertz CT molecular complexity index is 1580. The summed E-state index contributed by atoms with van der Waals surface area (Å²) in [5, 5.41) is 15.5. The molecule has 6 unspecified atom stereocenters. The fraction of sp³-hybridized carbons (Fsp3) is 0.808. The molecule has 14 heteroatoms. The number of hydrogen-bond acceptors (Lipinski definition) is 8. The van der Waals surface area contributed by atoms with Crippen LogP contribution in [0.4, 0.5) is 0 Å². The molecule has 376 valence electrons. The number of carboxylic acids is 1. The van der Waals surface area contributed by atoms with Gasteiger partial charge >= 0.3 is 30.8 Å². The van der Waals surface area contributed by atoms with Gasteiger partial charge in [-0.1, -0.05) is 134 Å². The molecule has 13 nitrogen and oxygen atoms in total. The summed E-state index contributed by atoms with van der Waals surface area (Å²) in [6.45, 7) is 29.9. The van der Waals surface area contributed by atoms with E-state index in [0.29, 0.717) is 35.9 Å². The number of rotatable bonds is 21. The second-order valence-corrected chi connectivity index (χ2v) is 20.4. The molecule has 0 aromatic carbocycles. The first kappa shape index (κ1) is 64.9. The first-order valence-electron chi connectivity index (χ1n) is 24.8. The van der Waals surface area contributed by atoms with Gasteiger partial charge in [-0.2, -0.15) is 0 Å².